The second kappa shape index (κ2) is 7.99. The Hall–Kier alpha value is -3.21. The molecule has 3 aromatic rings. The number of nitrogens with zero attached hydrogens (tertiary/aromatic N) is 2. The number of benzene rings is 2. The first kappa shape index (κ1) is 18.6. The molecule has 2 aromatic carbocycles. The Labute approximate surface area is 159 Å². The highest BCUT2D eigenvalue weighted by Crippen LogP contribution is 2.20. The van der Waals surface area contributed by atoms with Gasteiger partial charge in [0.15, 0.2) is 0 Å². The monoisotopic (exact) mass is 360 g/mol. The maximum atomic E-state index is 12.6. The highest BCUT2D eigenvalue weighted by Gasteiger charge is 2.12. The number of amides is 1. The highest BCUT2D eigenvalue weighted by molar-refractivity contribution is 6.03. The number of anilines is 3. The van der Waals surface area contributed by atoms with Crippen molar-refractivity contribution in [2.45, 2.75) is 34.1 Å². The van der Waals surface area contributed by atoms with Crippen LogP contribution in [0.1, 0.15) is 39.8 Å². The molecule has 1 amide bonds. The van der Waals surface area contributed by atoms with Gasteiger partial charge in [-0.1, -0.05) is 36.8 Å². The number of carbonyl (C=O) groups is 1. The van der Waals surface area contributed by atoms with Crippen molar-refractivity contribution in [1.29, 1.82) is 0 Å². The Kier molecular flexibility index (Phi) is 5.50. The summed E-state index contributed by atoms with van der Waals surface area (Å²) >= 11 is 0. The van der Waals surface area contributed by atoms with Gasteiger partial charge >= 0.3 is 0 Å². The molecule has 1 aromatic heterocycles. The van der Waals surface area contributed by atoms with Crippen LogP contribution >= 0.6 is 0 Å². The second-order valence-electron chi connectivity index (χ2n) is 6.67. The van der Waals surface area contributed by atoms with Crippen LogP contribution in [0.5, 0.6) is 0 Å². The molecule has 1 heterocycles. The summed E-state index contributed by atoms with van der Waals surface area (Å²) in [4.78, 5) is 21.4. The number of hydrogen-bond donors (Lipinski definition) is 2. The average Bonchev–Trinajstić information content (AvgIpc) is 2.64. The Morgan fingerprint density at radius 3 is 2.37 bits per heavy atom. The van der Waals surface area contributed by atoms with E-state index in [1.54, 1.807) is 6.07 Å². The molecule has 0 aliphatic rings. The molecule has 0 radical (unpaired) electrons. The zero-order chi connectivity index (χ0) is 19.4. The predicted molar refractivity (Wildman–Crippen MR) is 110 cm³/mol. The third-order valence-electron chi connectivity index (χ3n) is 4.34. The maximum Gasteiger partial charge on any atom is 0.274 e. The van der Waals surface area contributed by atoms with Gasteiger partial charge in [-0.25, -0.2) is 9.97 Å². The zero-order valence-electron chi connectivity index (χ0n) is 16.1. The van der Waals surface area contributed by atoms with Crippen LogP contribution in [0.25, 0.3) is 0 Å². The summed E-state index contributed by atoms with van der Waals surface area (Å²) in [6.45, 7) is 8.03. The lowest BCUT2D eigenvalue weighted by Gasteiger charge is -2.11. The molecule has 27 heavy (non-hydrogen) atoms. The van der Waals surface area contributed by atoms with Gasteiger partial charge in [-0.05, 0) is 62.6 Å². The molecule has 0 aliphatic heterocycles. The molecule has 138 valence electrons. The quantitative estimate of drug-likeness (QED) is 0.675. The summed E-state index contributed by atoms with van der Waals surface area (Å²) in [7, 11) is 0. The minimum absolute atomic E-state index is 0.256. The Bertz CT molecular complexity index is 965. The summed E-state index contributed by atoms with van der Waals surface area (Å²) in [6, 6.07) is 15.6. The van der Waals surface area contributed by atoms with Crippen LogP contribution in [0, 0.1) is 20.8 Å². The first-order valence-electron chi connectivity index (χ1n) is 9.05. The molecule has 0 saturated carbocycles. The standard InChI is InChI=1S/C22H24N4O/c1-5-17-7-9-18(10-8-17)24-21(27)20-13-16(4)23-22(26-20)25-19-11-6-14(2)12-15(19)3/h6-13H,5H2,1-4H3,(H,24,27)(H,23,25,26). The lowest BCUT2D eigenvalue weighted by Crippen LogP contribution is -2.15. The SMILES string of the molecule is CCc1ccc(NC(=O)c2cc(C)nc(Nc3ccc(C)cc3C)n2)cc1. The second-order valence-corrected chi connectivity index (χ2v) is 6.67. The summed E-state index contributed by atoms with van der Waals surface area (Å²) in [6.07, 6.45) is 0.965. The van der Waals surface area contributed by atoms with Crippen molar-refractivity contribution in [3.05, 3.63) is 76.6 Å². The van der Waals surface area contributed by atoms with E-state index >= 15 is 0 Å². The number of carbonyl (C=O) groups excluding carboxylic acids is 1. The molecule has 0 fully saturated rings. The topological polar surface area (TPSA) is 66.9 Å². The molecular formula is C22H24N4O. The van der Waals surface area contributed by atoms with Gasteiger partial charge in [0.1, 0.15) is 5.69 Å². The lowest BCUT2D eigenvalue weighted by molar-refractivity contribution is 0.102. The first-order chi connectivity index (χ1) is 12.9. The third kappa shape index (κ3) is 4.70. The third-order valence-corrected chi connectivity index (χ3v) is 4.34. The smallest absolute Gasteiger partial charge is 0.274 e. The fourth-order valence-electron chi connectivity index (χ4n) is 2.83. The summed E-state index contributed by atoms with van der Waals surface area (Å²) < 4.78 is 0. The van der Waals surface area contributed by atoms with E-state index in [9.17, 15) is 4.79 Å². The molecule has 0 unspecified atom stereocenters. The Morgan fingerprint density at radius 2 is 1.70 bits per heavy atom. The maximum absolute atomic E-state index is 12.6. The number of aryl methyl sites for hydroxylation is 4. The molecule has 0 saturated heterocycles. The van der Waals surface area contributed by atoms with Crippen LogP contribution in [0.4, 0.5) is 17.3 Å². The summed E-state index contributed by atoms with van der Waals surface area (Å²) in [5.74, 6) is 0.155. The summed E-state index contributed by atoms with van der Waals surface area (Å²) in [5.41, 5.74) is 6.24. The van der Waals surface area contributed by atoms with Crippen molar-refractivity contribution in [2.75, 3.05) is 10.6 Å². The fraction of sp³-hybridized carbons (Fsp3) is 0.227. The van der Waals surface area contributed by atoms with Crippen molar-refractivity contribution >= 4 is 23.2 Å². The van der Waals surface area contributed by atoms with E-state index in [0.29, 0.717) is 11.6 Å². The number of hydrogen-bond acceptors (Lipinski definition) is 4. The number of rotatable bonds is 5. The average molecular weight is 360 g/mol. The molecular weight excluding hydrogens is 336 g/mol. The van der Waals surface area contributed by atoms with Crippen molar-refractivity contribution in [1.82, 2.24) is 9.97 Å². The molecule has 0 atom stereocenters. The zero-order valence-corrected chi connectivity index (χ0v) is 16.1. The lowest BCUT2D eigenvalue weighted by atomic mass is 10.1. The van der Waals surface area contributed by atoms with Crippen molar-refractivity contribution in [3.63, 3.8) is 0 Å². The molecule has 5 nitrogen and oxygen atoms in total. The van der Waals surface area contributed by atoms with E-state index in [4.69, 9.17) is 0 Å². The van der Waals surface area contributed by atoms with Gasteiger partial charge in [-0.3, -0.25) is 4.79 Å². The van der Waals surface area contributed by atoms with Gasteiger partial charge in [0.05, 0.1) is 0 Å². The van der Waals surface area contributed by atoms with E-state index in [0.717, 1.165) is 29.1 Å². The first-order valence-corrected chi connectivity index (χ1v) is 9.05. The minimum Gasteiger partial charge on any atom is -0.324 e. The molecule has 5 heteroatoms. The largest absolute Gasteiger partial charge is 0.324 e. The summed E-state index contributed by atoms with van der Waals surface area (Å²) in [5, 5.41) is 6.10. The molecule has 0 spiro atoms. The predicted octanol–water partition coefficient (Wildman–Crippen LogP) is 4.96. The van der Waals surface area contributed by atoms with Crippen molar-refractivity contribution in [2.24, 2.45) is 0 Å². The van der Waals surface area contributed by atoms with Gasteiger partial charge in [-0.15, -0.1) is 0 Å². The van der Waals surface area contributed by atoms with Crippen LogP contribution in [-0.2, 0) is 6.42 Å². The van der Waals surface area contributed by atoms with Crippen LogP contribution in [0.3, 0.4) is 0 Å². The van der Waals surface area contributed by atoms with Crippen LogP contribution < -0.4 is 10.6 Å². The van der Waals surface area contributed by atoms with E-state index in [2.05, 4.69) is 40.5 Å². The molecule has 0 aliphatic carbocycles. The van der Waals surface area contributed by atoms with Crippen LogP contribution in [0.2, 0.25) is 0 Å². The van der Waals surface area contributed by atoms with Gasteiger partial charge in [-0.2, -0.15) is 0 Å². The number of nitrogens with one attached hydrogen (secondary N) is 2. The molecule has 0 bridgehead atoms. The van der Waals surface area contributed by atoms with Crippen molar-refractivity contribution in [3.8, 4) is 0 Å². The minimum atomic E-state index is -0.256. The van der Waals surface area contributed by atoms with Gasteiger partial charge in [0.25, 0.3) is 5.91 Å². The van der Waals surface area contributed by atoms with Crippen molar-refractivity contribution < 1.29 is 4.79 Å². The number of aromatic nitrogens is 2. The van der Waals surface area contributed by atoms with Gasteiger partial charge < -0.3 is 10.6 Å². The van der Waals surface area contributed by atoms with E-state index in [1.165, 1.54) is 11.1 Å². The highest BCUT2D eigenvalue weighted by atomic mass is 16.1. The fourth-order valence-corrected chi connectivity index (χ4v) is 2.83. The molecule has 2 N–H and O–H groups in total. The van der Waals surface area contributed by atoms with E-state index in [-0.39, 0.29) is 5.91 Å². The normalized spacial score (nSPS) is 10.5. The van der Waals surface area contributed by atoms with E-state index < -0.39 is 0 Å². The van der Waals surface area contributed by atoms with E-state index in [1.807, 2.05) is 50.2 Å². The van der Waals surface area contributed by atoms with Crippen LogP contribution in [0.15, 0.2) is 48.5 Å². The van der Waals surface area contributed by atoms with Crippen LogP contribution in [-0.4, -0.2) is 15.9 Å². The van der Waals surface area contributed by atoms with Gasteiger partial charge in [0, 0.05) is 17.1 Å². The Balaban J connectivity index is 1.80. The Morgan fingerprint density at radius 1 is 0.963 bits per heavy atom. The van der Waals surface area contributed by atoms with Gasteiger partial charge in [0.2, 0.25) is 5.95 Å². The molecule has 3 rings (SSSR count).